The fourth-order valence-electron chi connectivity index (χ4n) is 5.49. The van der Waals surface area contributed by atoms with Gasteiger partial charge in [-0.3, -0.25) is 19.1 Å². The van der Waals surface area contributed by atoms with Crippen molar-refractivity contribution in [2.45, 2.75) is 86.1 Å². The first kappa shape index (κ1) is 28.5. The Morgan fingerprint density at radius 2 is 1.72 bits per heavy atom. The van der Waals surface area contributed by atoms with E-state index in [-0.39, 0.29) is 17.0 Å². The second-order valence-corrected chi connectivity index (χ2v) is 12.0. The molecule has 6 nitrogen and oxygen atoms in total. The number of thioether (sulfide) groups is 1. The number of nitrogens with zero attached hydrogens (tertiary/aromatic N) is 4. The van der Waals surface area contributed by atoms with Crippen molar-refractivity contribution < 1.29 is 4.79 Å². The molecule has 0 N–H and O–H groups in total. The van der Waals surface area contributed by atoms with Crippen LogP contribution < -0.4 is 10.5 Å². The zero-order chi connectivity index (χ0) is 26.4. The average Bonchev–Trinajstić information content (AvgIpc) is 3.09. The molecule has 0 saturated carbocycles. The van der Waals surface area contributed by atoms with E-state index in [1.54, 1.807) is 9.47 Å². The van der Waals surface area contributed by atoms with E-state index in [0.29, 0.717) is 39.7 Å². The number of amides is 1. The summed E-state index contributed by atoms with van der Waals surface area (Å²) in [7, 11) is 0. The highest BCUT2D eigenvalue weighted by Crippen LogP contribution is 2.37. The lowest BCUT2D eigenvalue weighted by molar-refractivity contribution is -0.122. The molecule has 196 valence electrons. The van der Waals surface area contributed by atoms with E-state index in [1.807, 2.05) is 19.9 Å². The quantitative estimate of drug-likeness (QED) is 0.208. The predicted octanol–water partition coefficient (Wildman–Crippen LogP) is 6.09. The van der Waals surface area contributed by atoms with Gasteiger partial charge in [0.25, 0.3) is 11.5 Å². The maximum absolute atomic E-state index is 13.4. The summed E-state index contributed by atoms with van der Waals surface area (Å²) < 4.78 is 2.29. The molecule has 0 radical (unpaired) electrons. The molecule has 1 amide bonds. The Hall–Kier alpha value is -2.11. The summed E-state index contributed by atoms with van der Waals surface area (Å²) in [5.41, 5.74) is 1.31. The summed E-state index contributed by atoms with van der Waals surface area (Å²) >= 11 is 6.90. The molecule has 1 aromatic rings. The monoisotopic (exact) mass is 528 g/mol. The lowest BCUT2D eigenvalue weighted by atomic mass is 9.91. The average molecular weight is 529 g/mol. The molecule has 3 rings (SSSR count). The fraction of sp³-hybridized carbons (Fsp3) is 0.643. The number of unbranched alkanes of at least 4 members (excludes halogenated alkanes) is 5. The van der Waals surface area contributed by atoms with E-state index in [2.05, 4.69) is 31.7 Å². The molecule has 36 heavy (non-hydrogen) atoms. The highest BCUT2D eigenvalue weighted by Gasteiger charge is 2.33. The van der Waals surface area contributed by atoms with E-state index in [1.165, 1.54) is 37.4 Å². The van der Waals surface area contributed by atoms with Crippen molar-refractivity contribution in [3.63, 3.8) is 0 Å². The Labute approximate surface area is 225 Å². The molecule has 3 heterocycles. The molecule has 0 aliphatic carbocycles. The van der Waals surface area contributed by atoms with Crippen molar-refractivity contribution in [1.29, 1.82) is 5.26 Å². The van der Waals surface area contributed by atoms with Gasteiger partial charge < -0.3 is 4.90 Å². The van der Waals surface area contributed by atoms with E-state index < -0.39 is 0 Å². The molecule has 0 aromatic carbocycles. The Morgan fingerprint density at radius 3 is 2.33 bits per heavy atom. The molecule has 2 unspecified atom stereocenters. The van der Waals surface area contributed by atoms with E-state index in [9.17, 15) is 14.9 Å². The summed E-state index contributed by atoms with van der Waals surface area (Å²) in [5, 5.41) is 9.80. The fourth-order valence-corrected chi connectivity index (χ4v) is 6.78. The van der Waals surface area contributed by atoms with Crippen LogP contribution in [0.2, 0.25) is 0 Å². The van der Waals surface area contributed by atoms with Gasteiger partial charge in [-0.05, 0) is 50.2 Å². The number of carbonyl (C=O) groups excluding carboxylic acids is 1. The molecule has 0 bridgehead atoms. The van der Waals surface area contributed by atoms with Crippen LogP contribution in [0, 0.1) is 30.1 Å². The first-order valence-electron chi connectivity index (χ1n) is 13.4. The summed E-state index contributed by atoms with van der Waals surface area (Å²) in [6.07, 6.45) is 9.95. The highest BCUT2D eigenvalue weighted by molar-refractivity contribution is 8.26. The van der Waals surface area contributed by atoms with Gasteiger partial charge in [0.1, 0.15) is 21.8 Å². The molecule has 2 atom stereocenters. The molecule has 0 spiro atoms. The van der Waals surface area contributed by atoms with Crippen LogP contribution >= 0.6 is 24.0 Å². The molecule has 2 aliphatic heterocycles. The van der Waals surface area contributed by atoms with Gasteiger partial charge in [-0.15, -0.1) is 0 Å². The summed E-state index contributed by atoms with van der Waals surface area (Å²) in [6.45, 7) is 13.2. The second kappa shape index (κ2) is 12.9. The maximum Gasteiger partial charge on any atom is 0.270 e. The van der Waals surface area contributed by atoms with Crippen LogP contribution in [0.15, 0.2) is 9.70 Å². The first-order chi connectivity index (χ1) is 17.2. The number of hydrogen-bond acceptors (Lipinski definition) is 6. The molecular weight excluding hydrogens is 488 g/mol. The molecule has 2 saturated heterocycles. The van der Waals surface area contributed by atoms with E-state index >= 15 is 0 Å². The number of pyridine rings is 1. The first-order valence-corrected chi connectivity index (χ1v) is 14.6. The number of aromatic nitrogens is 1. The number of rotatable bonds is 10. The van der Waals surface area contributed by atoms with Crippen molar-refractivity contribution in [2.75, 3.05) is 24.5 Å². The Morgan fingerprint density at radius 1 is 1.08 bits per heavy atom. The largest absolute Gasteiger partial charge is 0.357 e. The maximum atomic E-state index is 13.4. The van der Waals surface area contributed by atoms with Crippen LogP contribution in [0.3, 0.4) is 0 Å². The van der Waals surface area contributed by atoms with E-state index in [0.717, 1.165) is 43.7 Å². The van der Waals surface area contributed by atoms with Crippen LogP contribution in [0.4, 0.5) is 5.82 Å². The zero-order valence-electron chi connectivity index (χ0n) is 22.4. The number of carbonyl (C=O) groups is 1. The van der Waals surface area contributed by atoms with Gasteiger partial charge in [0, 0.05) is 31.7 Å². The lowest BCUT2D eigenvalue weighted by Crippen LogP contribution is -2.42. The number of thiocarbonyl (C=S) groups is 1. The third-order valence-electron chi connectivity index (χ3n) is 7.22. The van der Waals surface area contributed by atoms with E-state index in [4.69, 9.17) is 12.2 Å². The SMILES string of the molecule is CCCCCCCCN1C(=O)/C(=C/c2c(C)c(C#N)c(=O)n(CC)c2N2CC(C)CC(C)C2)SC1=S. The van der Waals surface area contributed by atoms with Crippen molar-refractivity contribution in [3.05, 3.63) is 31.9 Å². The van der Waals surface area contributed by atoms with Crippen molar-refractivity contribution in [3.8, 4) is 6.07 Å². The van der Waals surface area contributed by atoms with Crippen LogP contribution in [-0.4, -0.2) is 39.3 Å². The van der Waals surface area contributed by atoms with Crippen LogP contribution in [0.1, 0.15) is 89.3 Å². The minimum absolute atomic E-state index is 0.0722. The highest BCUT2D eigenvalue weighted by atomic mass is 32.2. The van der Waals surface area contributed by atoms with Gasteiger partial charge in [-0.2, -0.15) is 5.26 Å². The van der Waals surface area contributed by atoms with Crippen molar-refractivity contribution in [1.82, 2.24) is 9.47 Å². The molecule has 8 heteroatoms. The number of nitriles is 1. The normalized spacial score (nSPS) is 21.5. The minimum atomic E-state index is -0.258. The zero-order valence-corrected chi connectivity index (χ0v) is 24.1. The second-order valence-electron chi connectivity index (χ2n) is 10.4. The van der Waals surface area contributed by atoms with Crippen LogP contribution in [0.5, 0.6) is 0 Å². The van der Waals surface area contributed by atoms with Crippen molar-refractivity contribution >= 4 is 46.1 Å². The molecule has 2 aliphatic rings. The van der Waals surface area contributed by atoms with Crippen molar-refractivity contribution in [2.24, 2.45) is 11.8 Å². The van der Waals surface area contributed by atoms with Crippen LogP contribution in [0.25, 0.3) is 6.08 Å². The summed E-state index contributed by atoms with van der Waals surface area (Å²) in [4.78, 5) is 31.2. The van der Waals surface area contributed by atoms with Gasteiger partial charge in [0.15, 0.2) is 0 Å². The number of anilines is 1. The third kappa shape index (κ3) is 6.23. The van der Waals surface area contributed by atoms with Gasteiger partial charge in [-0.1, -0.05) is 76.9 Å². The molecule has 2 fully saturated rings. The smallest absolute Gasteiger partial charge is 0.270 e. The summed E-state index contributed by atoms with van der Waals surface area (Å²) in [5.74, 6) is 1.73. The lowest BCUT2D eigenvalue weighted by Gasteiger charge is -2.38. The Balaban J connectivity index is 1.98. The predicted molar refractivity (Wildman–Crippen MR) is 154 cm³/mol. The van der Waals surface area contributed by atoms with Gasteiger partial charge in [-0.25, -0.2) is 0 Å². The Kier molecular flexibility index (Phi) is 10.2. The number of hydrogen-bond donors (Lipinski definition) is 0. The number of piperidine rings is 1. The minimum Gasteiger partial charge on any atom is -0.357 e. The summed E-state index contributed by atoms with van der Waals surface area (Å²) in [6, 6.07) is 2.12. The van der Waals surface area contributed by atoms with Gasteiger partial charge in [0.2, 0.25) is 0 Å². The topological polar surface area (TPSA) is 69.3 Å². The van der Waals surface area contributed by atoms with Gasteiger partial charge in [0.05, 0.1) is 4.91 Å². The standard InChI is InChI=1S/C28H40N4O2S2/c1-6-8-9-10-11-12-13-32-27(34)24(36-28(32)35)15-22-21(5)23(16-29)26(33)31(7-2)25(22)30-17-19(3)14-20(4)18-30/h15,19-20H,6-14,17-18H2,1-5H3/b24-15-. The van der Waals surface area contributed by atoms with Gasteiger partial charge >= 0.3 is 0 Å². The molecule has 1 aromatic heterocycles. The van der Waals surface area contributed by atoms with Crippen LogP contribution in [-0.2, 0) is 11.3 Å². The third-order valence-corrected chi connectivity index (χ3v) is 8.59. The Bertz CT molecular complexity index is 1110. The molecular formula is C28H40N4O2S2.